The molecular weight excluding hydrogens is 428 g/mol. The molecule has 1 amide bonds. The molecule has 1 aliphatic heterocycles. The first-order valence-corrected chi connectivity index (χ1v) is 11.0. The van der Waals surface area contributed by atoms with E-state index in [0.717, 1.165) is 5.01 Å². The predicted octanol–water partition coefficient (Wildman–Crippen LogP) is 4.08. The van der Waals surface area contributed by atoms with Crippen LogP contribution in [0, 0.1) is 0 Å². The summed E-state index contributed by atoms with van der Waals surface area (Å²) in [5.41, 5.74) is 0.967. The molecule has 2 aromatic heterocycles. The Bertz CT molecular complexity index is 1170. The summed E-state index contributed by atoms with van der Waals surface area (Å²) in [6.07, 6.45) is 3.17. The van der Waals surface area contributed by atoms with E-state index < -0.39 is 17.7 Å². The average Bonchev–Trinajstić information content (AvgIpc) is 3.38. The number of ketones is 1. The van der Waals surface area contributed by atoms with Gasteiger partial charge in [-0.05, 0) is 42.8 Å². The first-order chi connectivity index (χ1) is 15.4. The van der Waals surface area contributed by atoms with Gasteiger partial charge >= 0.3 is 5.91 Å². The zero-order chi connectivity index (χ0) is 22.8. The lowest BCUT2D eigenvalue weighted by Gasteiger charge is -2.22. The van der Waals surface area contributed by atoms with Crippen molar-refractivity contribution in [3.63, 3.8) is 0 Å². The van der Waals surface area contributed by atoms with Gasteiger partial charge in [-0.1, -0.05) is 31.3 Å². The van der Waals surface area contributed by atoms with Crippen molar-refractivity contribution in [3.05, 3.63) is 70.5 Å². The second-order valence-electron chi connectivity index (χ2n) is 7.49. The van der Waals surface area contributed by atoms with E-state index in [0.29, 0.717) is 28.6 Å². The van der Waals surface area contributed by atoms with E-state index in [9.17, 15) is 14.7 Å². The summed E-state index contributed by atoms with van der Waals surface area (Å²) >= 11 is 1.25. The van der Waals surface area contributed by atoms with E-state index in [1.807, 2.05) is 20.8 Å². The highest BCUT2D eigenvalue weighted by molar-refractivity contribution is 7.15. The van der Waals surface area contributed by atoms with Crippen LogP contribution < -0.4 is 9.64 Å². The molecule has 1 aromatic carbocycles. The van der Waals surface area contributed by atoms with Crippen molar-refractivity contribution in [2.24, 2.45) is 0 Å². The van der Waals surface area contributed by atoms with E-state index in [-0.39, 0.29) is 17.3 Å². The van der Waals surface area contributed by atoms with Crippen molar-refractivity contribution in [2.45, 2.75) is 32.7 Å². The zero-order valence-corrected chi connectivity index (χ0v) is 18.7. The molecule has 164 valence electrons. The van der Waals surface area contributed by atoms with E-state index in [1.165, 1.54) is 16.2 Å². The average molecular weight is 451 g/mol. The van der Waals surface area contributed by atoms with Crippen LogP contribution in [0.4, 0.5) is 5.13 Å². The molecule has 3 aromatic rings. The smallest absolute Gasteiger partial charge is 0.301 e. The molecular formula is C23H22N4O4S. The molecule has 1 aliphatic rings. The monoisotopic (exact) mass is 450 g/mol. The Hall–Kier alpha value is -3.59. The molecule has 32 heavy (non-hydrogen) atoms. The molecule has 1 N–H and O–H groups in total. The Kier molecular flexibility index (Phi) is 6.00. The normalized spacial score (nSPS) is 17.9. The summed E-state index contributed by atoms with van der Waals surface area (Å²) in [6.45, 7) is 6.34. The number of nitrogens with zero attached hydrogens (tertiary/aromatic N) is 4. The number of aliphatic hydroxyl groups excluding tert-OH is 1. The fourth-order valence-electron chi connectivity index (χ4n) is 3.47. The Morgan fingerprint density at radius 3 is 2.53 bits per heavy atom. The molecule has 9 heteroatoms. The molecule has 1 fully saturated rings. The Balaban J connectivity index is 1.85. The van der Waals surface area contributed by atoms with Gasteiger partial charge in [-0.2, -0.15) is 0 Å². The number of aromatic nitrogens is 3. The summed E-state index contributed by atoms with van der Waals surface area (Å²) < 4.78 is 5.44. The highest BCUT2D eigenvalue weighted by Crippen LogP contribution is 2.43. The van der Waals surface area contributed by atoms with Crippen molar-refractivity contribution in [2.75, 3.05) is 11.5 Å². The quantitative estimate of drug-likeness (QED) is 0.343. The minimum atomic E-state index is -0.872. The number of pyridine rings is 1. The lowest BCUT2D eigenvalue weighted by molar-refractivity contribution is -0.132. The van der Waals surface area contributed by atoms with Crippen LogP contribution in [0.1, 0.15) is 48.9 Å². The van der Waals surface area contributed by atoms with Crippen molar-refractivity contribution in [3.8, 4) is 5.75 Å². The number of amides is 1. The third-order valence-corrected chi connectivity index (χ3v) is 6.24. The van der Waals surface area contributed by atoms with Gasteiger partial charge in [0.25, 0.3) is 5.78 Å². The predicted molar refractivity (Wildman–Crippen MR) is 121 cm³/mol. The molecule has 1 unspecified atom stereocenters. The van der Waals surface area contributed by atoms with Gasteiger partial charge in [0.2, 0.25) is 5.13 Å². The summed E-state index contributed by atoms with van der Waals surface area (Å²) in [4.78, 5) is 31.6. The molecule has 0 saturated carbocycles. The van der Waals surface area contributed by atoms with Gasteiger partial charge < -0.3 is 9.84 Å². The standard InChI is InChI=1S/C23H22N4O4S/c1-4-31-16-9-7-14(8-10-16)19(28)17-18(15-6-5-11-24-12-15)27(22(30)20(17)29)23-26-25-21(32-23)13(2)3/h5-13,18,28H,4H2,1-3H3. The third kappa shape index (κ3) is 3.87. The Labute approximate surface area is 189 Å². The number of carbonyl (C=O) groups excluding carboxylic acids is 2. The van der Waals surface area contributed by atoms with Crippen molar-refractivity contribution < 1.29 is 19.4 Å². The highest BCUT2D eigenvalue weighted by Gasteiger charge is 2.48. The summed E-state index contributed by atoms with van der Waals surface area (Å²) in [5.74, 6) is -1.05. The number of anilines is 1. The van der Waals surface area contributed by atoms with Gasteiger partial charge in [-0.25, -0.2) is 0 Å². The summed E-state index contributed by atoms with van der Waals surface area (Å²) in [7, 11) is 0. The number of rotatable bonds is 6. The lowest BCUT2D eigenvalue weighted by atomic mass is 9.96. The highest BCUT2D eigenvalue weighted by atomic mass is 32.1. The van der Waals surface area contributed by atoms with Gasteiger partial charge in [-0.15, -0.1) is 10.2 Å². The maximum Gasteiger partial charge on any atom is 0.301 e. The second kappa shape index (κ2) is 8.88. The van der Waals surface area contributed by atoms with Gasteiger partial charge in [0.05, 0.1) is 18.2 Å². The van der Waals surface area contributed by atoms with Crippen LogP contribution in [0.15, 0.2) is 54.4 Å². The number of carbonyl (C=O) groups is 2. The summed E-state index contributed by atoms with van der Waals surface area (Å²) in [6, 6.07) is 9.30. The minimum absolute atomic E-state index is 0.0199. The van der Waals surface area contributed by atoms with Gasteiger partial charge in [0.1, 0.15) is 16.5 Å². The summed E-state index contributed by atoms with van der Waals surface area (Å²) in [5, 5.41) is 20.5. The number of benzene rings is 1. The molecule has 0 radical (unpaired) electrons. The van der Waals surface area contributed by atoms with Crippen molar-refractivity contribution >= 4 is 33.9 Å². The SMILES string of the molecule is CCOc1ccc(C(O)=C2C(=O)C(=O)N(c3nnc(C(C)C)s3)C2c2cccnc2)cc1. The van der Waals surface area contributed by atoms with Gasteiger partial charge in [0.15, 0.2) is 0 Å². The molecule has 1 atom stereocenters. The van der Waals surface area contributed by atoms with E-state index >= 15 is 0 Å². The zero-order valence-electron chi connectivity index (χ0n) is 17.8. The largest absolute Gasteiger partial charge is 0.507 e. The fourth-order valence-corrected chi connectivity index (χ4v) is 4.34. The Morgan fingerprint density at radius 1 is 1.19 bits per heavy atom. The number of hydrogen-bond donors (Lipinski definition) is 1. The van der Waals surface area contributed by atoms with E-state index in [4.69, 9.17) is 4.74 Å². The minimum Gasteiger partial charge on any atom is -0.507 e. The number of Topliss-reactive ketones (excluding diaryl/α,β-unsaturated/α-hetero) is 1. The van der Waals surface area contributed by atoms with Crippen LogP contribution in [0.25, 0.3) is 5.76 Å². The van der Waals surface area contributed by atoms with Crippen LogP contribution in [0.3, 0.4) is 0 Å². The van der Waals surface area contributed by atoms with Gasteiger partial charge in [0, 0.05) is 23.9 Å². The number of ether oxygens (including phenoxy) is 1. The maximum atomic E-state index is 13.1. The molecule has 0 spiro atoms. The second-order valence-corrected chi connectivity index (χ2v) is 8.48. The van der Waals surface area contributed by atoms with E-state index in [1.54, 1.807) is 48.8 Å². The van der Waals surface area contributed by atoms with E-state index in [2.05, 4.69) is 15.2 Å². The lowest BCUT2D eigenvalue weighted by Crippen LogP contribution is -2.29. The molecule has 1 saturated heterocycles. The molecule has 3 heterocycles. The van der Waals surface area contributed by atoms with Gasteiger partial charge in [-0.3, -0.25) is 19.5 Å². The molecule has 8 nitrogen and oxygen atoms in total. The molecule has 0 aliphatic carbocycles. The third-order valence-electron chi connectivity index (χ3n) is 5.01. The topological polar surface area (TPSA) is 106 Å². The molecule has 4 rings (SSSR count). The van der Waals surface area contributed by atoms with Crippen LogP contribution >= 0.6 is 11.3 Å². The number of aliphatic hydroxyl groups is 1. The van der Waals surface area contributed by atoms with Crippen LogP contribution in [-0.4, -0.2) is 38.6 Å². The molecule has 0 bridgehead atoms. The van der Waals surface area contributed by atoms with Crippen molar-refractivity contribution in [1.29, 1.82) is 0 Å². The maximum absolute atomic E-state index is 13.1. The van der Waals surface area contributed by atoms with Crippen LogP contribution in [0.2, 0.25) is 0 Å². The first-order valence-electron chi connectivity index (χ1n) is 10.2. The Morgan fingerprint density at radius 2 is 1.94 bits per heavy atom. The number of hydrogen-bond acceptors (Lipinski definition) is 8. The van der Waals surface area contributed by atoms with Crippen molar-refractivity contribution in [1.82, 2.24) is 15.2 Å². The van der Waals surface area contributed by atoms with Crippen LogP contribution in [-0.2, 0) is 9.59 Å². The fraction of sp³-hybridized carbons (Fsp3) is 0.261. The first kappa shape index (κ1) is 21.6. The van der Waals surface area contributed by atoms with Crippen LogP contribution in [0.5, 0.6) is 5.75 Å².